The molecule has 2 aromatic carbocycles. The molecule has 27 heavy (non-hydrogen) atoms. The Kier molecular flexibility index (Phi) is 6.59. The van der Waals surface area contributed by atoms with Gasteiger partial charge in [-0.3, -0.25) is 0 Å². The first-order chi connectivity index (χ1) is 13.4. The average molecular weight is 388 g/mol. The number of ether oxygens (including phenoxy) is 3. The van der Waals surface area contributed by atoms with E-state index in [1.165, 1.54) is 49.3 Å². The Morgan fingerprint density at radius 2 is 1.48 bits per heavy atom. The van der Waals surface area contributed by atoms with Gasteiger partial charge in [-0.25, -0.2) is 0 Å². The second kappa shape index (κ2) is 9.31. The Hall–Kier alpha value is -1.23. The number of fused-ring (bicyclic) bond motifs is 3. The van der Waals surface area contributed by atoms with E-state index in [9.17, 15) is 0 Å². The number of methoxy groups -OCH3 is 1. The van der Waals surface area contributed by atoms with Gasteiger partial charge in [0, 0.05) is 28.8 Å². The molecule has 0 spiro atoms. The molecule has 2 aromatic rings. The highest BCUT2D eigenvalue weighted by atomic mass is 32.2. The summed E-state index contributed by atoms with van der Waals surface area (Å²) < 4.78 is 16.6. The summed E-state index contributed by atoms with van der Waals surface area (Å²) in [6, 6.07) is 13.4. The quantitative estimate of drug-likeness (QED) is 0.473. The monoisotopic (exact) mass is 387 g/mol. The molecule has 0 N–H and O–H groups in total. The minimum Gasteiger partial charge on any atom is -0.491 e. The van der Waals surface area contributed by atoms with Crippen LogP contribution in [0.5, 0.6) is 5.75 Å². The van der Waals surface area contributed by atoms with Gasteiger partial charge in [-0.1, -0.05) is 18.2 Å². The zero-order valence-electron chi connectivity index (χ0n) is 16.3. The fourth-order valence-electron chi connectivity index (χ4n) is 4.60. The fourth-order valence-corrected chi connectivity index (χ4v) is 8.21. The fraction of sp³-hybridized carbons (Fsp3) is 0.565. The SMILES string of the molecule is COCCOCCOc1ccc([S+]2C3CCCC2CCC3)c2ccccc12. The Morgan fingerprint density at radius 1 is 0.815 bits per heavy atom. The van der Waals surface area contributed by atoms with Gasteiger partial charge in [0.05, 0.1) is 19.8 Å². The third kappa shape index (κ3) is 4.28. The van der Waals surface area contributed by atoms with Gasteiger partial charge in [0.15, 0.2) is 4.90 Å². The largest absolute Gasteiger partial charge is 0.491 e. The molecule has 0 saturated carbocycles. The van der Waals surface area contributed by atoms with Gasteiger partial charge >= 0.3 is 0 Å². The van der Waals surface area contributed by atoms with Crippen LogP contribution < -0.4 is 4.74 Å². The van der Waals surface area contributed by atoms with E-state index in [0.717, 1.165) is 16.2 Å². The minimum atomic E-state index is 0.408. The molecule has 2 bridgehead atoms. The topological polar surface area (TPSA) is 27.7 Å². The van der Waals surface area contributed by atoms with E-state index in [1.54, 1.807) is 12.0 Å². The van der Waals surface area contributed by atoms with E-state index in [2.05, 4.69) is 36.4 Å². The van der Waals surface area contributed by atoms with Crippen LogP contribution in [0.3, 0.4) is 0 Å². The molecule has 2 aliphatic rings. The van der Waals surface area contributed by atoms with Crippen LogP contribution in [0.1, 0.15) is 38.5 Å². The van der Waals surface area contributed by atoms with Gasteiger partial charge in [0.2, 0.25) is 0 Å². The molecule has 0 atom stereocenters. The van der Waals surface area contributed by atoms with Crippen LogP contribution in [0.2, 0.25) is 0 Å². The normalized spacial score (nSPS) is 24.9. The first kappa shape index (κ1) is 19.1. The summed E-state index contributed by atoms with van der Waals surface area (Å²) in [6.07, 6.45) is 8.55. The lowest BCUT2D eigenvalue weighted by molar-refractivity contribution is 0.0546. The second-order valence-electron chi connectivity index (χ2n) is 7.54. The zero-order valence-corrected chi connectivity index (χ0v) is 17.1. The van der Waals surface area contributed by atoms with Gasteiger partial charge in [-0.2, -0.15) is 0 Å². The van der Waals surface area contributed by atoms with Crippen molar-refractivity contribution in [3.05, 3.63) is 36.4 Å². The van der Waals surface area contributed by atoms with Crippen LogP contribution in [-0.2, 0) is 20.4 Å². The zero-order chi connectivity index (χ0) is 18.5. The summed E-state index contributed by atoms with van der Waals surface area (Å²) in [6.45, 7) is 2.41. The summed E-state index contributed by atoms with van der Waals surface area (Å²) in [5, 5.41) is 4.46. The Bertz CT molecular complexity index is 725. The smallest absolute Gasteiger partial charge is 0.163 e. The van der Waals surface area contributed by atoms with Gasteiger partial charge in [0.1, 0.15) is 22.9 Å². The molecule has 0 unspecified atom stereocenters. The molecule has 3 nitrogen and oxygen atoms in total. The third-order valence-electron chi connectivity index (χ3n) is 5.84. The maximum atomic E-state index is 6.07. The number of rotatable bonds is 8. The van der Waals surface area contributed by atoms with E-state index in [0.29, 0.717) is 37.3 Å². The van der Waals surface area contributed by atoms with Crippen molar-refractivity contribution in [3.8, 4) is 5.75 Å². The predicted molar refractivity (Wildman–Crippen MR) is 113 cm³/mol. The van der Waals surface area contributed by atoms with Crippen molar-refractivity contribution in [1.82, 2.24) is 0 Å². The number of benzene rings is 2. The van der Waals surface area contributed by atoms with Crippen LogP contribution in [0, 0.1) is 0 Å². The van der Waals surface area contributed by atoms with Crippen molar-refractivity contribution >= 4 is 21.7 Å². The molecule has 2 heterocycles. The standard InChI is InChI=1S/C23H31O3S/c1-24-14-15-25-16-17-26-22-12-13-23(21-11-3-2-10-20(21)22)27-18-6-4-7-19(27)9-5-8-18/h2-3,10-13,18-19H,4-9,14-17H2,1H3/q+1. The summed E-state index contributed by atoms with van der Waals surface area (Å²) in [5.41, 5.74) is 0. The van der Waals surface area contributed by atoms with Crippen molar-refractivity contribution in [2.24, 2.45) is 0 Å². The Morgan fingerprint density at radius 3 is 2.19 bits per heavy atom. The van der Waals surface area contributed by atoms with Crippen molar-refractivity contribution in [1.29, 1.82) is 0 Å². The summed E-state index contributed by atoms with van der Waals surface area (Å²) in [5.74, 6) is 0.982. The molecule has 0 aromatic heterocycles. The average Bonchev–Trinajstić information content (AvgIpc) is 2.70. The molecule has 2 fully saturated rings. The molecule has 2 saturated heterocycles. The van der Waals surface area contributed by atoms with Gasteiger partial charge < -0.3 is 14.2 Å². The molecule has 4 rings (SSSR count). The lowest BCUT2D eigenvalue weighted by Crippen LogP contribution is -2.40. The molecule has 0 radical (unpaired) electrons. The van der Waals surface area contributed by atoms with Gasteiger partial charge in [-0.05, 0) is 56.7 Å². The Balaban J connectivity index is 1.54. The van der Waals surface area contributed by atoms with E-state index in [1.807, 2.05) is 0 Å². The number of hydrogen-bond donors (Lipinski definition) is 0. The van der Waals surface area contributed by atoms with Crippen LogP contribution >= 0.6 is 0 Å². The molecule has 2 aliphatic heterocycles. The molecule has 0 aliphatic carbocycles. The maximum absolute atomic E-state index is 6.07. The van der Waals surface area contributed by atoms with E-state index < -0.39 is 0 Å². The summed E-state index contributed by atoms with van der Waals surface area (Å²) in [7, 11) is 2.10. The highest BCUT2D eigenvalue weighted by Crippen LogP contribution is 2.45. The molecular formula is C23H31O3S+. The lowest BCUT2D eigenvalue weighted by atomic mass is 9.99. The first-order valence-corrected chi connectivity index (χ1v) is 11.7. The maximum Gasteiger partial charge on any atom is 0.163 e. The predicted octanol–water partition coefficient (Wildman–Crippen LogP) is 4.96. The van der Waals surface area contributed by atoms with E-state index >= 15 is 0 Å². The minimum absolute atomic E-state index is 0.408. The van der Waals surface area contributed by atoms with E-state index in [-0.39, 0.29) is 0 Å². The third-order valence-corrected chi connectivity index (χ3v) is 9.08. The molecule has 4 heteroatoms. The van der Waals surface area contributed by atoms with Crippen molar-refractivity contribution in [2.75, 3.05) is 33.5 Å². The van der Waals surface area contributed by atoms with Crippen LogP contribution in [0.15, 0.2) is 41.3 Å². The first-order valence-electron chi connectivity index (χ1n) is 10.3. The van der Waals surface area contributed by atoms with Gasteiger partial charge in [-0.15, -0.1) is 0 Å². The summed E-state index contributed by atoms with van der Waals surface area (Å²) in [4.78, 5) is 1.59. The van der Waals surface area contributed by atoms with Crippen LogP contribution in [0.4, 0.5) is 0 Å². The van der Waals surface area contributed by atoms with E-state index in [4.69, 9.17) is 14.2 Å². The van der Waals surface area contributed by atoms with Crippen molar-refractivity contribution in [2.45, 2.75) is 53.9 Å². The molecule has 146 valence electrons. The Labute approximate surface area is 165 Å². The van der Waals surface area contributed by atoms with Crippen LogP contribution in [0.25, 0.3) is 10.8 Å². The second-order valence-corrected chi connectivity index (χ2v) is 10.1. The van der Waals surface area contributed by atoms with Gasteiger partial charge in [0.25, 0.3) is 0 Å². The van der Waals surface area contributed by atoms with Crippen molar-refractivity contribution in [3.63, 3.8) is 0 Å². The molecular weight excluding hydrogens is 356 g/mol. The summed E-state index contributed by atoms with van der Waals surface area (Å²) >= 11 is 0. The number of hydrogen-bond acceptors (Lipinski definition) is 3. The molecule has 0 amide bonds. The van der Waals surface area contributed by atoms with Crippen LogP contribution in [-0.4, -0.2) is 44.0 Å². The highest BCUT2D eigenvalue weighted by molar-refractivity contribution is 7.98. The van der Waals surface area contributed by atoms with Crippen molar-refractivity contribution < 1.29 is 14.2 Å². The highest BCUT2D eigenvalue weighted by Gasteiger charge is 2.46. The lowest BCUT2D eigenvalue weighted by Gasteiger charge is -2.35.